The standard InChI is InChI=1S/C16H21NO4/c1-3-21-13-7-4-6-12(10-13)15(18)17-9-5-8-14(11(17)2)16(19)20/h4,6-7,10-11,14H,3,5,8-9H2,1-2H3,(H,19,20)/t11-,14-/m0/s1. The minimum absolute atomic E-state index is 0.130. The Kier molecular flexibility index (Phi) is 4.83. The number of hydrogen-bond acceptors (Lipinski definition) is 3. The maximum absolute atomic E-state index is 12.6. The molecule has 0 radical (unpaired) electrons. The molecule has 0 spiro atoms. The molecular weight excluding hydrogens is 270 g/mol. The second-order valence-electron chi connectivity index (χ2n) is 5.29. The Morgan fingerprint density at radius 3 is 2.86 bits per heavy atom. The molecule has 1 amide bonds. The van der Waals surface area contributed by atoms with Gasteiger partial charge in [-0.05, 0) is 44.9 Å². The molecule has 0 saturated carbocycles. The Morgan fingerprint density at radius 2 is 2.19 bits per heavy atom. The molecule has 1 aromatic rings. The van der Waals surface area contributed by atoms with E-state index in [1.54, 1.807) is 29.2 Å². The van der Waals surface area contributed by atoms with Crippen LogP contribution in [0.4, 0.5) is 0 Å². The number of rotatable bonds is 4. The predicted molar refractivity (Wildman–Crippen MR) is 78.5 cm³/mol. The number of hydrogen-bond donors (Lipinski definition) is 1. The van der Waals surface area contributed by atoms with Gasteiger partial charge in [-0.3, -0.25) is 9.59 Å². The first-order valence-corrected chi connectivity index (χ1v) is 7.31. The fourth-order valence-electron chi connectivity index (χ4n) is 2.81. The van der Waals surface area contributed by atoms with Gasteiger partial charge in [0.05, 0.1) is 12.5 Å². The number of aliphatic carboxylic acids is 1. The van der Waals surface area contributed by atoms with Crippen LogP contribution >= 0.6 is 0 Å². The fraction of sp³-hybridized carbons (Fsp3) is 0.500. The molecule has 0 unspecified atom stereocenters. The van der Waals surface area contributed by atoms with E-state index in [4.69, 9.17) is 4.74 Å². The van der Waals surface area contributed by atoms with Crippen molar-refractivity contribution in [2.75, 3.05) is 13.2 Å². The van der Waals surface area contributed by atoms with Crippen molar-refractivity contribution in [3.8, 4) is 5.75 Å². The molecule has 114 valence electrons. The maximum Gasteiger partial charge on any atom is 0.308 e. The summed E-state index contributed by atoms with van der Waals surface area (Å²) in [5.74, 6) is -0.793. The Morgan fingerprint density at radius 1 is 1.43 bits per heavy atom. The van der Waals surface area contributed by atoms with Crippen LogP contribution in [0, 0.1) is 5.92 Å². The lowest BCUT2D eigenvalue weighted by Gasteiger charge is -2.37. The van der Waals surface area contributed by atoms with Gasteiger partial charge >= 0.3 is 5.97 Å². The van der Waals surface area contributed by atoms with Gasteiger partial charge in [0.25, 0.3) is 5.91 Å². The van der Waals surface area contributed by atoms with Gasteiger partial charge in [-0.1, -0.05) is 6.07 Å². The van der Waals surface area contributed by atoms with Crippen LogP contribution < -0.4 is 4.74 Å². The number of carboxylic acids is 1. The average Bonchev–Trinajstić information content (AvgIpc) is 2.47. The molecule has 0 aromatic heterocycles. The number of amides is 1. The van der Waals surface area contributed by atoms with Crippen LogP contribution in [-0.4, -0.2) is 41.1 Å². The number of nitrogens with zero attached hydrogens (tertiary/aromatic N) is 1. The number of carbonyl (C=O) groups is 2. The van der Waals surface area contributed by atoms with Gasteiger partial charge in [0.2, 0.25) is 0 Å². The van der Waals surface area contributed by atoms with E-state index in [1.165, 1.54) is 0 Å². The second-order valence-corrected chi connectivity index (χ2v) is 5.29. The highest BCUT2D eigenvalue weighted by Gasteiger charge is 2.35. The van der Waals surface area contributed by atoms with E-state index in [0.29, 0.717) is 30.9 Å². The summed E-state index contributed by atoms with van der Waals surface area (Å²) in [6, 6.07) is 6.74. The third-order valence-corrected chi connectivity index (χ3v) is 3.96. The summed E-state index contributed by atoms with van der Waals surface area (Å²) in [5.41, 5.74) is 0.541. The molecular formula is C16H21NO4. The van der Waals surface area contributed by atoms with Crippen LogP contribution in [0.25, 0.3) is 0 Å². The quantitative estimate of drug-likeness (QED) is 0.925. The van der Waals surface area contributed by atoms with E-state index in [9.17, 15) is 14.7 Å². The average molecular weight is 291 g/mol. The largest absolute Gasteiger partial charge is 0.494 e. The second kappa shape index (κ2) is 6.61. The van der Waals surface area contributed by atoms with E-state index < -0.39 is 11.9 Å². The van der Waals surface area contributed by atoms with Crippen molar-refractivity contribution in [3.63, 3.8) is 0 Å². The maximum atomic E-state index is 12.6. The molecule has 0 bridgehead atoms. The van der Waals surface area contributed by atoms with Crippen LogP contribution in [0.3, 0.4) is 0 Å². The lowest BCUT2D eigenvalue weighted by molar-refractivity contribution is -0.144. The Labute approximate surface area is 124 Å². The third-order valence-electron chi connectivity index (χ3n) is 3.96. The topological polar surface area (TPSA) is 66.8 Å². The number of carbonyl (C=O) groups excluding carboxylic acids is 1. The van der Waals surface area contributed by atoms with Crippen molar-refractivity contribution in [1.29, 1.82) is 0 Å². The summed E-state index contributed by atoms with van der Waals surface area (Å²) in [7, 11) is 0. The molecule has 1 fully saturated rings. The molecule has 1 saturated heterocycles. The molecule has 1 aliphatic heterocycles. The zero-order valence-corrected chi connectivity index (χ0v) is 12.4. The van der Waals surface area contributed by atoms with Crippen LogP contribution in [0.5, 0.6) is 5.75 Å². The number of carboxylic acid groups (broad SMARTS) is 1. The normalized spacial score (nSPS) is 21.9. The van der Waals surface area contributed by atoms with Gasteiger partial charge < -0.3 is 14.7 Å². The first-order chi connectivity index (χ1) is 10.0. The van der Waals surface area contributed by atoms with Crippen molar-refractivity contribution >= 4 is 11.9 Å². The van der Waals surface area contributed by atoms with Crippen LogP contribution in [0.2, 0.25) is 0 Å². The van der Waals surface area contributed by atoms with Crippen LogP contribution in [-0.2, 0) is 4.79 Å². The Balaban J connectivity index is 2.18. The smallest absolute Gasteiger partial charge is 0.308 e. The zero-order chi connectivity index (χ0) is 15.4. The summed E-state index contributed by atoms with van der Waals surface area (Å²) in [4.78, 5) is 25.5. The van der Waals surface area contributed by atoms with Crippen LogP contribution in [0.1, 0.15) is 37.0 Å². The van der Waals surface area contributed by atoms with Gasteiger partial charge in [-0.2, -0.15) is 0 Å². The monoisotopic (exact) mass is 291 g/mol. The minimum Gasteiger partial charge on any atom is -0.494 e. The van der Waals surface area contributed by atoms with Crippen molar-refractivity contribution in [1.82, 2.24) is 4.90 Å². The Bertz CT molecular complexity index is 529. The summed E-state index contributed by atoms with van der Waals surface area (Å²) in [6.45, 7) is 4.84. The molecule has 0 aliphatic carbocycles. The number of benzene rings is 1. The Hall–Kier alpha value is -2.04. The van der Waals surface area contributed by atoms with Gasteiger partial charge in [0.15, 0.2) is 0 Å². The SMILES string of the molecule is CCOc1cccc(C(=O)N2CCC[C@H](C(=O)O)[C@@H]2C)c1. The van der Waals surface area contributed by atoms with Crippen molar-refractivity contribution < 1.29 is 19.4 Å². The molecule has 1 N–H and O–H groups in total. The first kappa shape index (κ1) is 15.4. The summed E-state index contributed by atoms with van der Waals surface area (Å²) in [6.07, 6.45) is 1.34. The lowest BCUT2D eigenvalue weighted by Crippen LogP contribution is -2.49. The third kappa shape index (κ3) is 3.35. The van der Waals surface area contributed by atoms with Crippen molar-refractivity contribution in [2.45, 2.75) is 32.7 Å². The minimum atomic E-state index is -0.830. The highest BCUT2D eigenvalue weighted by atomic mass is 16.5. The summed E-state index contributed by atoms with van der Waals surface area (Å²) >= 11 is 0. The molecule has 5 heteroatoms. The molecule has 21 heavy (non-hydrogen) atoms. The summed E-state index contributed by atoms with van der Waals surface area (Å²) in [5, 5.41) is 9.23. The van der Waals surface area contributed by atoms with E-state index in [-0.39, 0.29) is 11.9 Å². The highest BCUT2D eigenvalue weighted by Crippen LogP contribution is 2.26. The molecule has 2 rings (SSSR count). The lowest BCUT2D eigenvalue weighted by atomic mass is 9.90. The number of ether oxygens (including phenoxy) is 1. The van der Waals surface area contributed by atoms with E-state index in [1.807, 2.05) is 13.8 Å². The van der Waals surface area contributed by atoms with E-state index in [0.717, 1.165) is 6.42 Å². The van der Waals surface area contributed by atoms with Crippen LogP contribution in [0.15, 0.2) is 24.3 Å². The fourth-order valence-corrected chi connectivity index (χ4v) is 2.81. The van der Waals surface area contributed by atoms with E-state index >= 15 is 0 Å². The zero-order valence-electron chi connectivity index (χ0n) is 12.4. The number of likely N-dealkylation sites (tertiary alicyclic amines) is 1. The molecule has 2 atom stereocenters. The highest BCUT2D eigenvalue weighted by molar-refractivity contribution is 5.95. The molecule has 1 heterocycles. The van der Waals surface area contributed by atoms with Gasteiger partial charge in [-0.25, -0.2) is 0 Å². The van der Waals surface area contributed by atoms with Crippen molar-refractivity contribution in [3.05, 3.63) is 29.8 Å². The van der Waals surface area contributed by atoms with E-state index in [2.05, 4.69) is 0 Å². The van der Waals surface area contributed by atoms with Crippen molar-refractivity contribution in [2.24, 2.45) is 5.92 Å². The van der Waals surface area contributed by atoms with Gasteiger partial charge in [0, 0.05) is 18.2 Å². The molecule has 1 aliphatic rings. The predicted octanol–water partition coefficient (Wildman–Crippen LogP) is 2.41. The first-order valence-electron chi connectivity index (χ1n) is 7.31. The van der Waals surface area contributed by atoms with Gasteiger partial charge in [-0.15, -0.1) is 0 Å². The number of piperidine rings is 1. The summed E-state index contributed by atoms with van der Waals surface area (Å²) < 4.78 is 5.41. The molecule has 1 aromatic carbocycles. The molecule has 5 nitrogen and oxygen atoms in total. The van der Waals surface area contributed by atoms with Gasteiger partial charge in [0.1, 0.15) is 5.75 Å².